The van der Waals surface area contributed by atoms with Crippen molar-refractivity contribution in [1.29, 1.82) is 0 Å². The first-order chi connectivity index (χ1) is 27.9. The molecule has 59 heavy (non-hydrogen) atoms. The van der Waals surface area contributed by atoms with Crippen LogP contribution < -0.4 is 25.8 Å². The summed E-state index contributed by atoms with van der Waals surface area (Å²) >= 11 is 0. The number of ketones is 1. The number of phenolic OH excluding ortho intramolecular Hbond substituents is 5. The van der Waals surface area contributed by atoms with Gasteiger partial charge >= 0.3 is 5.97 Å². The van der Waals surface area contributed by atoms with E-state index in [0.29, 0.717) is 0 Å². The van der Waals surface area contributed by atoms with Gasteiger partial charge in [0.2, 0.25) is 16.6 Å². The fourth-order valence-corrected chi connectivity index (χ4v) is 7.41. The highest BCUT2D eigenvalue weighted by Gasteiger charge is 2.35. The Kier molecular flexibility index (Phi) is 8.39. The molecule has 298 valence electrons. The molecule has 7 aromatic rings. The van der Waals surface area contributed by atoms with Crippen molar-refractivity contribution >= 4 is 51.1 Å². The summed E-state index contributed by atoms with van der Waals surface area (Å²) < 4.78 is 28.7. The second kappa shape index (κ2) is 13.2. The minimum absolute atomic E-state index is 0.0788. The number of carbonyl (C=O) groups is 3. The van der Waals surface area contributed by atoms with Crippen LogP contribution in [0.25, 0.3) is 55.6 Å². The molecule has 0 saturated heterocycles. The lowest BCUT2D eigenvalue weighted by atomic mass is 9.90. The molecule has 18 heteroatoms. The molecule has 4 aromatic carbocycles. The number of rotatable bonds is 7. The molecule has 3 aromatic heterocycles. The second-order valence-electron chi connectivity index (χ2n) is 13.6. The van der Waals surface area contributed by atoms with E-state index in [1.165, 1.54) is 26.8 Å². The monoisotopic (exact) mass is 806 g/mol. The number of hydrogen-bond acceptors (Lipinski definition) is 17. The molecule has 0 fully saturated rings. The predicted octanol–water partition coefficient (Wildman–Crippen LogP) is 5.11. The Morgan fingerprint density at radius 2 is 1.42 bits per heavy atom. The summed E-state index contributed by atoms with van der Waals surface area (Å²) in [5, 5.41) is 71.0. The number of aromatic carboxylic acids is 1. The van der Waals surface area contributed by atoms with Gasteiger partial charge in [0.1, 0.15) is 57.3 Å². The summed E-state index contributed by atoms with van der Waals surface area (Å²) in [6.07, 6.45) is -0.678. The number of carbonyl (C=O) groups excluding carboxylic acids is 2. The molecular weight excluding hydrogens is 780 g/mol. The van der Waals surface area contributed by atoms with Gasteiger partial charge in [0.05, 0.1) is 27.5 Å². The SMILES string of the molecule is CC(=O)c1c(C)c(-c2oc3cc(O)c(O)c(OC=O)c3c(=O)c2Cc2c(C)oc3c(c2=O)COc2cc(O)c(O)c(C(=O)O)c2-3)cc2c(=O)c3cc(O)c(O)cc3oc12. The van der Waals surface area contributed by atoms with Crippen molar-refractivity contribution in [2.45, 2.75) is 33.8 Å². The van der Waals surface area contributed by atoms with Crippen LogP contribution in [0.4, 0.5) is 0 Å². The molecule has 1 aliphatic heterocycles. The molecule has 0 saturated carbocycles. The summed E-state index contributed by atoms with van der Waals surface area (Å²) in [7, 11) is 0. The lowest BCUT2D eigenvalue weighted by Gasteiger charge is -2.23. The minimum Gasteiger partial charge on any atom is -0.504 e. The number of carboxylic acids is 1. The number of fused-ring (bicyclic) bond motifs is 6. The van der Waals surface area contributed by atoms with E-state index in [1.54, 1.807) is 0 Å². The zero-order chi connectivity index (χ0) is 42.5. The fraction of sp³-hybridized carbons (Fsp3) is 0.122. The van der Waals surface area contributed by atoms with Gasteiger partial charge in [-0.15, -0.1) is 0 Å². The third kappa shape index (κ3) is 5.48. The summed E-state index contributed by atoms with van der Waals surface area (Å²) in [4.78, 5) is 80.2. The Bertz CT molecular complexity index is 3290. The Morgan fingerprint density at radius 1 is 0.746 bits per heavy atom. The van der Waals surface area contributed by atoms with Crippen molar-refractivity contribution in [3.05, 3.63) is 100 Å². The van der Waals surface area contributed by atoms with Crippen LogP contribution in [0.15, 0.2) is 58.0 Å². The largest absolute Gasteiger partial charge is 0.504 e. The lowest BCUT2D eigenvalue weighted by Crippen LogP contribution is -2.24. The zero-order valence-corrected chi connectivity index (χ0v) is 30.5. The Morgan fingerprint density at radius 3 is 2.10 bits per heavy atom. The van der Waals surface area contributed by atoms with Crippen molar-refractivity contribution in [1.82, 2.24) is 0 Å². The number of aromatic hydroxyl groups is 6. The van der Waals surface area contributed by atoms with E-state index in [4.69, 9.17) is 22.7 Å². The van der Waals surface area contributed by atoms with Gasteiger partial charge in [0.15, 0.2) is 45.7 Å². The molecule has 4 heterocycles. The Balaban J connectivity index is 1.46. The molecule has 0 amide bonds. The average Bonchev–Trinajstić information content (AvgIpc) is 3.17. The van der Waals surface area contributed by atoms with E-state index in [1.807, 2.05) is 0 Å². The molecule has 0 atom stereocenters. The van der Waals surface area contributed by atoms with E-state index >= 15 is 0 Å². The van der Waals surface area contributed by atoms with Crippen molar-refractivity contribution < 1.29 is 72.9 Å². The minimum atomic E-state index is -1.69. The third-order valence-corrected chi connectivity index (χ3v) is 10.2. The van der Waals surface area contributed by atoms with E-state index < -0.39 is 103 Å². The molecule has 18 nitrogen and oxygen atoms in total. The highest BCUT2D eigenvalue weighted by molar-refractivity contribution is 6.10. The molecule has 1 aliphatic rings. The summed E-state index contributed by atoms with van der Waals surface area (Å²) in [6.45, 7) is 3.28. The van der Waals surface area contributed by atoms with Gasteiger partial charge in [-0.1, -0.05) is 0 Å². The lowest BCUT2D eigenvalue weighted by molar-refractivity contribution is -0.120. The maximum Gasteiger partial charge on any atom is 0.340 e. The van der Waals surface area contributed by atoms with Gasteiger partial charge in [-0.05, 0) is 38.5 Å². The van der Waals surface area contributed by atoms with E-state index in [-0.39, 0.29) is 84.8 Å². The van der Waals surface area contributed by atoms with Crippen molar-refractivity contribution in [3.8, 4) is 68.6 Å². The number of hydrogen-bond donors (Lipinski definition) is 7. The van der Waals surface area contributed by atoms with Gasteiger partial charge < -0.3 is 58.5 Å². The van der Waals surface area contributed by atoms with Crippen LogP contribution in [0.5, 0.6) is 46.0 Å². The van der Waals surface area contributed by atoms with Crippen LogP contribution >= 0.6 is 0 Å². The first kappa shape index (κ1) is 37.6. The van der Waals surface area contributed by atoms with Gasteiger partial charge in [0.25, 0.3) is 6.47 Å². The van der Waals surface area contributed by atoms with Crippen LogP contribution in [0.1, 0.15) is 55.7 Å². The van der Waals surface area contributed by atoms with Gasteiger partial charge in [-0.3, -0.25) is 24.0 Å². The molecule has 0 aliphatic carbocycles. The Labute approximate surface area is 326 Å². The maximum atomic E-state index is 14.7. The van der Waals surface area contributed by atoms with Crippen molar-refractivity contribution in [2.75, 3.05) is 0 Å². The average molecular weight is 807 g/mol. The highest BCUT2D eigenvalue weighted by atomic mass is 16.5. The standard InChI is InChI=1S/C41H26O18/c1-12-15(4-18-33(49)17-6-21(44)22(45)7-25(17)58-38(18)28(12)13(2)43)37-19(34(50)30-27(59-37)9-24(47)36(52)40(30)56-11-42)5-16-14(3)57-39-20(32(16)48)10-55-26-8-23(46)35(51)31(29(26)39)41(53)54/h4,6-9,11,44-47,51-52H,5,10H2,1-3H3,(H,53,54). The van der Waals surface area contributed by atoms with Crippen LogP contribution in [0, 0.1) is 13.8 Å². The van der Waals surface area contributed by atoms with E-state index in [0.717, 1.165) is 24.3 Å². The van der Waals surface area contributed by atoms with Gasteiger partial charge in [0, 0.05) is 41.3 Å². The molecule has 8 rings (SSSR count). The topological polar surface area (TPSA) is 302 Å². The zero-order valence-electron chi connectivity index (χ0n) is 30.5. The number of aryl methyl sites for hydroxylation is 1. The Hall–Kier alpha value is -8.28. The summed E-state index contributed by atoms with van der Waals surface area (Å²) in [5.74, 6) is -9.20. The van der Waals surface area contributed by atoms with E-state index in [2.05, 4.69) is 0 Å². The number of benzene rings is 4. The third-order valence-electron chi connectivity index (χ3n) is 10.2. The predicted molar refractivity (Wildman–Crippen MR) is 202 cm³/mol. The molecule has 7 N–H and O–H groups in total. The van der Waals surface area contributed by atoms with Crippen LogP contribution in [-0.4, -0.2) is 54.0 Å². The quantitative estimate of drug-likeness (QED) is 0.0476. The number of carboxylic acid groups (broad SMARTS) is 1. The molecule has 0 radical (unpaired) electrons. The van der Waals surface area contributed by atoms with Crippen molar-refractivity contribution in [3.63, 3.8) is 0 Å². The van der Waals surface area contributed by atoms with Crippen LogP contribution in [0.3, 0.4) is 0 Å². The number of Topliss-reactive ketones (excluding diaryl/α,β-unsaturated/α-hetero) is 1. The summed E-state index contributed by atoms with van der Waals surface area (Å²) in [5.41, 5.74) is -5.71. The fourth-order valence-electron chi connectivity index (χ4n) is 7.41. The van der Waals surface area contributed by atoms with Gasteiger partial charge in [-0.25, -0.2) is 4.79 Å². The normalized spacial score (nSPS) is 12.0. The molecule has 0 unspecified atom stereocenters. The van der Waals surface area contributed by atoms with Gasteiger partial charge in [-0.2, -0.15) is 0 Å². The first-order valence-corrected chi connectivity index (χ1v) is 17.2. The smallest absolute Gasteiger partial charge is 0.340 e. The first-order valence-electron chi connectivity index (χ1n) is 17.2. The molecule has 0 spiro atoms. The number of phenols is 6. The second-order valence-corrected chi connectivity index (χ2v) is 13.6. The van der Waals surface area contributed by atoms with Crippen LogP contribution in [-0.2, 0) is 17.8 Å². The highest BCUT2D eigenvalue weighted by Crippen LogP contribution is 2.48. The molecule has 0 bridgehead atoms. The molecular formula is C41H26O18. The maximum absolute atomic E-state index is 14.7. The number of ether oxygens (including phenoxy) is 2. The van der Waals surface area contributed by atoms with Crippen molar-refractivity contribution in [2.24, 2.45) is 0 Å². The summed E-state index contributed by atoms with van der Waals surface area (Å²) in [6, 6.07) is 4.96. The van der Waals surface area contributed by atoms with Crippen LogP contribution in [0.2, 0.25) is 0 Å². The van der Waals surface area contributed by atoms with E-state index in [9.17, 15) is 64.5 Å².